The average molecular weight is 287 g/mol. The summed E-state index contributed by atoms with van der Waals surface area (Å²) in [5, 5.41) is 13.2. The van der Waals surface area contributed by atoms with Gasteiger partial charge in [0.05, 0.1) is 6.04 Å². The lowest BCUT2D eigenvalue weighted by Crippen LogP contribution is -2.49. The predicted octanol–water partition coefficient (Wildman–Crippen LogP) is 1.69. The largest absolute Gasteiger partial charge is 0.381 e. The molecule has 1 aromatic rings. The van der Waals surface area contributed by atoms with Crippen LogP contribution < -0.4 is 5.73 Å². The van der Waals surface area contributed by atoms with E-state index in [1.807, 2.05) is 11.0 Å². The number of nitrogen functional groups attached to an aromatic ring is 1. The second-order valence-corrected chi connectivity index (χ2v) is 6.46. The Balaban J connectivity index is 1.62. The zero-order valence-corrected chi connectivity index (χ0v) is 12.4. The van der Waals surface area contributed by atoms with Gasteiger partial charge in [-0.25, -0.2) is 0 Å². The van der Waals surface area contributed by atoms with Crippen LogP contribution in [0.15, 0.2) is 6.20 Å². The number of likely N-dealkylation sites (tertiary alicyclic amines) is 1. The first-order chi connectivity index (χ1) is 10.0. The Morgan fingerprint density at radius 2 is 2.14 bits per heavy atom. The van der Waals surface area contributed by atoms with Crippen molar-refractivity contribution >= 4 is 11.7 Å². The quantitative estimate of drug-likeness (QED) is 0.896. The fourth-order valence-corrected chi connectivity index (χ4v) is 3.31. The van der Waals surface area contributed by atoms with Crippen LogP contribution in [0, 0.1) is 16.7 Å². The lowest BCUT2D eigenvalue weighted by atomic mass is 9.69. The molecule has 0 spiro atoms. The second-order valence-electron chi connectivity index (χ2n) is 6.46. The number of hydrogen-bond acceptors (Lipinski definition) is 4. The maximum atomic E-state index is 12.5. The van der Waals surface area contributed by atoms with E-state index in [-0.39, 0.29) is 17.3 Å². The summed E-state index contributed by atoms with van der Waals surface area (Å²) in [7, 11) is 0. The summed E-state index contributed by atoms with van der Waals surface area (Å²) < 4.78 is 1.79. The second kappa shape index (κ2) is 5.06. The first-order valence-corrected chi connectivity index (χ1v) is 7.57. The third-order valence-electron chi connectivity index (χ3n) is 4.98. The normalized spacial score (nSPS) is 21.6. The Morgan fingerprint density at radius 3 is 2.62 bits per heavy atom. The number of nitrogens with zero attached hydrogens (tertiary/aromatic N) is 4. The molecule has 2 aliphatic rings. The van der Waals surface area contributed by atoms with E-state index in [4.69, 9.17) is 11.0 Å². The summed E-state index contributed by atoms with van der Waals surface area (Å²) in [4.78, 5) is 14.5. The third kappa shape index (κ3) is 2.37. The molecule has 0 radical (unpaired) electrons. The molecule has 1 aliphatic heterocycles. The minimum atomic E-state index is -0.114. The molecule has 2 N–H and O–H groups in total. The molecule has 1 aromatic heterocycles. The van der Waals surface area contributed by atoms with Gasteiger partial charge in [-0.05, 0) is 25.7 Å². The van der Waals surface area contributed by atoms with Gasteiger partial charge >= 0.3 is 0 Å². The molecule has 2 heterocycles. The van der Waals surface area contributed by atoms with Gasteiger partial charge in [0.2, 0.25) is 5.91 Å². The van der Waals surface area contributed by atoms with Crippen LogP contribution in [0.4, 0.5) is 5.82 Å². The lowest BCUT2D eigenvalue weighted by molar-refractivity contribution is -0.147. The van der Waals surface area contributed by atoms with Gasteiger partial charge in [-0.1, -0.05) is 13.3 Å². The Bertz CT molecular complexity index is 588. The van der Waals surface area contributed by atoms with Gasteiger partial charge in [0, 0.05) is 24.7 Å². The van der Waals surface area contributed by atoms with Crippen molar-refractivity contribution in [2.24, 2.45) is 5.41 Å². The van der Waals surface area contributed by atoms with Gasteiger partial charge in [-0.15, -0.1) is 0 Å². The van der Waals surface area contributed by atoms with Crippen LogP contribution in [0.3, 0.4) is 0 Å². The van der Waals surface area contributed by atoms with Crippen LogP contribution in [0.5, 0.6) is 0 Å². The van der Waals surface area contributed by atoms with E-state index in [2.05, 4.69) is 12.0 Å². The number of aromatic nitrogens is 2. The number of hydrogen-bond donors (Lipinski definition) is 1. The predicted molar refractivity (Wildman–Crippen MR) is 78.2 cm³/mol. The van der Waals surface area contributed by atoms with E-state index in [0.29, 0.717) is 11.5 Å². The molecule has 0 unspecified atom stereocenters. The van der Waals surface area contributed by atoms with Crippen LogP contribution in [-0.4, -0.2) is 33.7 Å². The zero-order valence-electron chi connectivity index (χ0n) is 12.4. The van der Waals surface area contributed by atoms with Crippen LogP contribution in [0.1, 0.15) is 50.6 Å². The molecule has 6 nitrogen and oxygen atoms in total. The molecule has 1 amide bonds. The molecular formula is C15H21N5O. The molecule has 0 bridgehead atoms. The van der Waals surface area contributed by atoms with Crippen molar-refractivity contribution in [3.63, 3.8) is 0 Å². The molecule has 1 aliphatic carbocycles. The van der Waals surface area contributed by atoms with Gasteiger partial charge < -0.3 is 10.6 Å². The molecule has 21 heavy (non-hydrogen) atoms. The van der Waals surface area contributed by atoms with Crippen molar-refractivity contribution in [1.82, 2.24) is 14.7 Å². The van der Waals surface area contributed by atoms with Crippen LogP contribution in [-0.2, 0) is 4.79 Å². The SMILES string of the molecule is CC1(C(=O)N2CCC(n3cc(C#N)c(N)n3)CC2)CCC1. The molecule has 1 saturated heterocycles. The molecular weight excluding hydrogens is 266 g/mol. The average Bonchev–Trinajstić information content (AvgIpc) is 2.85. The van der Waals surface area contributed by atoms with Crippen LogP contribution >= 0.6 is 0 Å². The van der Waals surface area contributed by atoms with Crippen molar-refractivity contribution in [2.75, 3.05) is 18.8 Å². The number of carbonyl (C=O) groups excluding carboxylic acids is 1. The van der Waals surface area contributed by atoms with Crippen molar-refractivity contribution in [3.8, 4) is 6.07 Å². The standard InChI is InChI=1S/C15H21N5O/c1-15(5-2-6-15)14(21)19-7-3-12(4-8-19)20-10-11(9-16)13(17)18-20/h10,12H,2-8H2,1H3,(H2,17,18). The van der Waals surface area contributed by atoms with Gasteiger partial charge in [0.25, 0.3) is 0 Å². The molecule has 2 fully saturated rings. The zero-order chi connectivity index (χ0) is 15.0. The number of anilines is 1. The maximum Gasteiger partial charge on any atom is 0.228 e. The fraction of sp³-hybridized carbons (Fsp3) is 0.667. The van der Waals surface area contributed by atoms with E-state index in [1.54, 1.807) is 10.9 Å². The number of rotatable bonds is 2. The van der Waals surface area contributed by atoms with Gasteiger partial charge in [-0.2, -0.15) is 10.4 Å². The third-order valence-corrected chi connectivity index (χ3v) is 4.98. The van der Waals surface area contributed by atoms with E-state index in [1.165, 1.54) is 6.42 Å². The minimum absolute atomic E-state index is 0.114. The number of piperidine rings is 1. The summed E-state index contributed by atoms with van der Waals surface area (Å²) in [6.45, 7) is 3.61. The lowest BCUT2D eigenvalue weighted by Gasteiger charge is -2.43. The van der Waals surface area contributed by atoms with Crippen molar-refractivity contribution in [1.29, 1.82) is 5.26 Å². The summed E-state index contributed by atoms with van der Waals surface area (Å²) in [6.07, 6.45) is 6.66. The van der Waals surface area contributed by atoms with E-state index >= 15 is 0 Å². The number of nitrogens with two attached hydrogens (primary N) is 1. The molecule has 6 heteroatoms. The highest BCUT2D eigenvalue weighted by atomic mass is 16.2. The Labute approximate surface area is 124 Å². The summed E-state index contributed by atoms with van der Waals surface area (Å²) in [5.74, 6) is 0.600. The Kier molecular flexibility index (Phi) is 3.36. The van der Waals surface area contributed by atoms with Crippen LogP contribution in [0.2, 0.25) is 0 Å². The Hall–Kier alpha value is -2.03. The highest BCUT2D eigenvalue weighted by Crippen LogP contribution is 2.42. The first-order valence-electron chi connectivity index (χ1n) is 7.57. The minimum Gasteiger partial charge on any atom is -0.381 e. The van der Waals surface area contributed by atoms with E-state index in [9.17, 15) is 4.79 Å². The highest BCUT2D eigenvalue weighted by molar-refractivity contribution is 5.83. The maximum absolute atomic E-state index is 12.5. The molecule has 112 valence electrons. The molecule has 0 atom stereocenters. The number of amides is 1. The van der Waals surface area contributed by atoms with Crippen molar-refractivity contribution in [3.05, 3.63) is 11.8 Å². The Morgan fingerprint density at radius 1 is 1.48 bits per heavy atom. The molecule has 0 aromatic carbocycles. The number of nitriles is 1. The van der Waals surface area contributed by atoms with E-state index < -0.39 is 0 Å². The van der Waals surface area contributed by atoms with Crippen molar-refractivity contribution < 1.29 is 4.79 Å². The highest BCUT2D eigenvalue weighted by Gasteiger charge is 2.42. The van der Waals surface area contributed by atoms with E-state index in [0.717, 1.165) is 38.8 Å². The van der Waals surface area contributed by atoms with Crippen molar-refractivity contribution in [2.45, 2.75) is 45.1 Å². The van der Waals surface area contributed by atoms with Gasteiger partial charge in [-0.3, -0.25) is 9.48 Å². The molecule has 1 saturated carbocycles. The smallest absolute Gasteiger partial charge is 0.228 e. The fourth-order valence-electron chi connectivity index (χ4n) is 3.31. The van der Waals surface area contributed by atoms with Gasteiger partial charge in [0.15, 0.2) is 5.82 Å². The summed E-state index contributed by atoms with van der Waals surface area (Å²) >= 11 is 0. The monoisotopic (exact) mass is 287 g/mol. The molecule has 3 rings (SSSR count). The summed E-state index contributed by atoms with van der Waals surface area (Å²) in [5.41, 5.74) is 6.01. The summed E-state index contributed by atoms with van der Waals surface area (Å²) in [6, 6.07) is 2.27. The topological polar surface area (TPSA) is 87.9 Å². The number of carbonyl (C=O) groups is 1. The first kappa shape index (κ1) is 13.9. The van der Waals surface area contributed by atoms with Crippen LogP contribution in [0.25, 0.3) is 0 Å². The van der Waals surface area contributed by atoms with Gasteiger partial charge in [0.1, 0.15) is 11.6 Å².